The van der Waals surface area contributed by atoms with Gasteiger partial charge in [-0.15, -0.1) is 0 Å². The van der Waals surface area contributed by atoms with E-state index in [9.17, 15) is 4.79 Å². The highest BCUT2D eigenvalue weighted by molar-refractivity contribution is 8.00. The molecule has 0 spiro atoms. The van der Waals surface area contributed by atoms with Crippen LogP contribution in [0.3, 0.4) is 0 Å². The Labute approximate surface area is 157 Å². The van der Waals surface area contributed by atoms with Crippen molar-refractivity contribution >= 4 is 29.5 Å². The van der Waals surface area contributed by atoms with Gasteiger partial charge in [0, 0.05) is 11.7 Å². The maximum Gasteiger partial charge on any atom is 0.303 e. The minimum Gasteiger partial charge on any atom is -0.481 e. The Morgan fingerprint density at radius 1 is 0.917 bits per heavy atom. The Kier molecular flexibility index (Phi) is 10.7. The lowest BCUT2D eigenvalue weighted by atomic mass is 10.1. The van der Waals surface area contributed by atoms with Gasteiger partial charge in [-0.05, 0) is 74.0 Å². The molecule has 2 saturated carbocycles. The lowest BCUT2D eigenvalue weighted by molar-refractivity contribution is -0.137. The molecule has 0 aromatic carbocycles. The van der Waals surface area contributed by atoms with E-state index in [0.717, 1.165) is 29.9 Å². The Hall–Kier alpha value is 0.170. The number of hydrogen-bond acceptors (Lipinski definition) is 3. The van der Waals surface area contributed by atoms with Crippen molar-refractivity contribution in [1.82, 2.24) is 0 Å². The van der Waals surface area contributed by atoms with Gasteiger partial charge in [-0.3, -0.25) is 4.79 Å². The van der Waals surface area contributed by atoms with Gasteiger partial charge in [0.15, 0.2) is 0 Å². The highest BCUT2D eigenvalue weighted by Crippen LogP contribution is 2.33. The number of carboxylic acids is 1. The minimum atomic E-state index is -0.641. The maximum atomic E-state index is 10.7. The third-order valence-corrected chi connectivity index (χ3v) is 8.46. The standard InChI is InChI=1S/C20H36O2S2/c21-20(22)12-6-5-11-19(24-16-18-9-3-4-10-18)13-14-23-15-17-7-1-2-8-17/h17-19H,1-16H2,(H,21,22). The summed E-state index contributed by atoms with van der Waals surface area (Å²) in [5, 5.41) is 9.55. The molecule has 4 heteroatoms. The van der Waals surface area contributed by atoms with Crippen LogP contribution in [0.5, 0.6) is 0 Å². The third-order valence-electron chi connectivity index (χ3n) is 5.62. The van der Waals surface area contributed by atoms with E-state index in [0.29, 0.717) is 6.42 Å². The van der Waals surface area contributed by atoms with Crippen LogP contribution in [0, 0.1) is 11.8 Å². The molecule has 2 nitrogen and oxygen atoms in total. The summed E-state index contributed by atoms with van der Waals surface area (Å²) in [5.41, 5.74) is 0. The van der Waals surface area contributed by atoms with Gasteiger partial charge >= 0.3 is 5.97 Å². The summed E-state index contributed by atoms with van der Waals surface area (Å²) in [6.45, 7) is 0. The van der Waals surface area contributed by atoms with Crippen LogP contribution in [0.2, 0.25) is 0 Å². The molecule has 0 heterocycles. The number of unbranched alkanes of at least 4 members (excludes halogenated alkanes) is 1. The van der Waals surface area contributed by atoms with Crippen molar-refractivity contribution in [2.45, 2.75) is 88.7 Å². The molecule has 1 unspecified atom stereocenters. The van der Waals surface area contributed by atoms with Gasteiger partial charge in [-0.25, -0.2) is 0 Å². The second kappa shape index (κ2) is 12.5. The number of thioether (sulfide) groups is 2. The molecule has 24 heavy (non-hydrogen) atoms. The van der Waals surface area contributed by atoms with E-state index in [1.165, 1.54) is 81.5 Å². The van der Waals surface area contributed by atoms with Crippen LogP contribution in [0.25, 0.3) is 0 Å². The van der Waals surface area contributed by atoms with Crippen molar-refractivity contribution in [2.24, 2.45) is 11.8 Å². The summed E-state index contributed by atoms with van der Waals surface area (Å²) >= 11 is 4.37. The van der Waals surface area contributed by atoms with Gasteiger partial charge in [-0.2, -0.15) is 23.5 Å². The van der Waals surface area contributed by atoms with Crippen molar-refractivity contribution in [1.29, 1.82) is 0 Å². The van der Waals surface area contributed by atoms with E-state index in [1.54, 1.807) is 0 Å². The van der Waals surface area contributed by atoms with Gasteiger partial charge in [0.05, 0.1) is 0 Å². The summed E-state index contributed by atoms with van der Waals surface area (Å²) in [4.78, 5) is 10.7. The average Bonchev–Trinajstić information content (AvgIpc) is 3.25. The van der Waals surface area contributed by atoms with Crippen molar-refractivity contribution in [3.05, 3.63) is 0 Å². The first kappa shape index (κ1) is 20.5. The molecule has 0 aliphatic heterocycles. The fourth-order valence-corrected chi connectivity index (χ4v) is 6.98. The van der Waals surface area contributed by atoms with Crippen LogP contribution in [-0.4, -0.2) is 33.6 Å². The molecule has 140 valence electrons. The molecule has 1 atom stereocenters. The molecular weight excluding hydrogens is 336 g/mol. The van der Waals surface area contributed by atoms with Gasteiger partial charge < -0.3 is 5.11 Å². The second-order valence-electron chi connectivity index (χ2n) is 7.76. The Bertz CT molecular complexity index is 337. The highest BCUT2D eigenvalue weighted by atomic mass is 32.2. The van der Waals surface area contributed by atoms with Crippen LogP contribution in [0.1, 0.15) is 83.5 Å². The summed E-state index contributed by atoms with van der Waals surface area (Å²) in [6, 6.07) is 0. The van der Waals surface area contributed by atoms with Gasteiger partial charge in [0.2, 0.25) is 0 Å². The minimum absolute atomic E-state index is 0.344. The molecule has 0 bridgehead atoms. The SMILES string of the molecule is O=C(O)CCCCC(CCSCC1CCCC1)SCC1CCCC1. The summed E-state index contributed by atoms with van der Waals surface area (Å²) in [5.74, 6) is 5.34. The molecule has 2 aliphatic rings. The predicted octanol–water partition coefficient (Wildman–Crippen LogP) is 6.24. The predicted molar refractivity (Wildman–Crippen MR) is 108 cm³/mol. The van der Waals surface area contributed by atoms with Crippen LogP contribution in [-0.2, 0) is 4.79 Å². The van der Waals surface area contributed by atoms with E-state index in [2.05, 4.69) is 23.5 Å². The first-order valence-electron chi connectivity index (χ1n) is 10.1. The molecule has 2 fully saturated rings. The van der Waals surface area contributed by atoms with Crippen LogP contribution in [0.4, 0.5) is 0 Å². The fraction of sp³-hybridized carbons (Fsp3) is 0.950. The van der Waals surface area contributed by atoms with Crippen molar-refractivity contribution in [2.75, 3.05) is 17.3 Å². The van der Waals surface area contributed by atoms with E-state index in [4.69, 9.17) is 5.11 Å². The first-order chi connectivity index (χ1) is 11.7. The Balaban J connectivity index is 1.59. The van der Waals surface area contributed by atoms with Crippen molar-refractivity contribution in [3.63, 3.8) is 0 Å². The highest BCUT2D eigenvalue weighted by Gasteiger charge is 2.19. The van der Waals surface area contributed by atoms with E-state index >= 15 is 0 Å². The number of carboxylic acid groups (broad SMARTS) is 1. The zero-order valence-electron chi connectivity index (χ0n) is 15.2. The van der Waals surface area contributed by atoms with Gasteiger partial charge in [-0.1, -0.05) is 32.1 Å². The molecule has 2 rings (SSSR count). The monoisotopic (exact) mass is 372 g/mol. The van der Waals surface area contributed by atoms with E-state index in [-0.39, 0.29) is 0 Å². The van der Waals surface area contributed by atoms with Gasteiger partial charge in [0.25, 0.3) is 0 Å². The van der Waals surface area contributed by atoms with Crippen LogP contribution < -0.4 is 0 Å². The summed E-state index contributed by atoms with van der Waals surface area (Å²) in [6.07, 6.45) is 16.4. The number of hydrogen-bond donors (Lipinski definition) is 1. The van der Waals surface area contributed by atoms with E-state index < -0.39 is 5.97 Å². The quantitative estimate of drug-likeness (QED) is 0.388. The van der Waals surface area contributed by atoms with E-state index in [1.807, 2.05) is 0 Å². The molecule has 0 saturated heterocycles. The Morgan fingerprint density at radius 3 is 2.17 bits per heavy atom. The molecule has 1 N–H and O–H groups in total. The molecule has 2 aliphatic carbocycles. The summed E-state index contributed by atoms with van der Waals surface area (Å²) in [7, 11) is 0. The second-order valence-corrected chi connectivity index (χ2v) is 10.2. The zero-order chi connectivity index (χ0) is 17.0. The largest absolute Gasteiger partial charge is 0.481 e. The van der Waals surface area contributed by atoms with Gasteiger partial charge in [0.1, 0.15) is 0 Å². The molecule has 0 aromatic heterocycles. The number of aliphatic carboxylic acids is 1. The Morgan fingerprint density at radius 2 is 1.54 bits per heavy atom. The first-order valence-corrected chi connectivity index (χ1v) is 12.4. The van der Waals surface area contributed by atoms with Crippen LogP contribution >= 0.6 is 23.5 Å². The molecule has 0 radical (unpaired) electrons. The molecule has 0 aromatic rings. The van der Waals surface area contributed by atoms with Crippen LogP contribution in [0.15, 0.2) is 0 Å². The molecule has 0 amide bonds. The fourth-order valence-electron chi connectivity index (χ4n) is 4.05. The average molecular weight is 373 g/mol. The number of carbonyl (C=O) groups is 1. The molecular formula is C20H36O2S2. The van der Waals surface area contributed by atoms with Crippen molar-refractivity contribution < 1.29 is 9.90 Å². The number of rotatable bonds is 13. The zero-order valence-corrected chi connectivity index (χ0v) is 16.9. The maximum absolute atomic E-state index is 10.7. The lowest BCUT2D eigenvalue weighted by Gasteiger charge is -2.19. The topological polar surface area (TPSA) is 37.3 Å². The normalized spacial score (nSPS) is 20.7. The summed E-state index contributed by atoms with van der Waals surface area (Å²) < 4.78 is 0. The van der Waals surface area contributed by atoms with Crippen molar-refractivity contribution in [3.8, 4) is 0 Å². The lowest BCUT2D eigenvalue weighted by Crippen LogP contribution is -2.10. The smallest absolute Gasteiger partial charge is 0.303 e. The third kappa shape index (κ3) is 9.03.